The van der Waals surface area contributed by atoms with Crippen molar-refractivity contribution in [1.82, 2.24) is 14.1 Å². The number of hydrogen-bond acceptors (Lipinski definition) is 1. The average molecular weight is 712 g/mol. The lowest BCUT2D eigenvalue weighted by molar-refractivity contribution is 1.13. The first kappa shape index (κ1) is 30.9. The maximum atomic E-state index is 5.24. The Morgan fingerprint density at radius 2 is 0.821 bits per heavy atom. The van der Waals surface area contributed by atoms with Crippen LogP contribution in [0.2, 0.25) is 0 Å². The topological polar surface area (TPSA) is 22.8 Å². The summed E-state index contributed by atoms with van der Waals surface area (Å²) in [6.45, 7) is 0. The molecule has 0 N–H and O–H groups in total. The number of hydrogen-bond donors (Lipinski definition) is 0. The Morgan fingerprint density at radius 1 is 0.304 bits per heavy atom. The van der Waals surface area contributed by atoms with Gasteiger partial charge in [0.1, 0.15) is 0 Å². The molecule has 0 unspecified atom stereocenters. The van der Waals surface area contributed by atoms with Crippen molar-refractivity contribution in [3.63, 3.8) is 0 Å². The van der Waals surface area contributed by atoms with Crippen LogP contribution in [0.4, 0.5) is 0 Å². The van der Waals surface area contributed by atoms with Crippen LogP contribution in [0.15, 0.2) is 200 Å². The molecule has 0 atom stereocenters. The molecule has 0 amide bonds. The quantitative estimate of drug-likeness (QED) is 0.167. The average Bonchev–Trinajstić information content (AvgIpc) is 3.79. The molecule has 0 aliphatic carbocycles. The first-order valence-corrected chi connectivity index (χ1v) is 19.2. The van der Waals surface area contributed by atoms with E-state index in [0.29, 0.717) is 0 Å². The third-order valence-corrected chi connectivity index (χ3v) is 11.7. The van der Waals surface area contributed by atoms with Gasteiger partial charge in [-0.3, -0.25) is 0 Å². The maximum Gasteiger partial charge on any atom is 0.0788 e. The van der Waals surface area contributed by atoms with Gasteiger partial charge in [0.2, 0.25) is 0 Å². The van der Waals surface area contributed by atoms with Gasteiger partial charge in [-0.25, -0.2) is 4.98 Å². The Labute approximate surface area is 322 Å². The molecule has 0 aliphatic rings. The van der Waals surface area contributed by atoms with Crippen LogP contribution in [0.25, 0.3) is 110 Å². The van der Waals surface area contributed by atoms with E-state index in [0.717, 1.165) is 28.1 Å². The van der Waals surface area contributed by atoms with Gasteiger partial charge in [0, 0.05) is 54.6 Å². The Hall–Kier alpha value is -7.49. The van der Waals surface area contributed by atoms with Gasteiger partial charge in [0.25, 0.3) is 0 Å². The van der Waals surface area contributed by atoms with Crippen LogP contribution in [0.5, 0.6) is 0 Å². The Kier molecular flexibility index (Phi) is 6.63. The van der Waals surface area contributed by atoms with Gasteiger partial charge in [-0.1, -0.05) is 146 Å². The zero-order valence-corrected chi connectivity index (χ0v) is 30.4. The zero-order chi connectivity index (χ0) is 36.7. The second-order valence-electron chi connectivity index (χ2n) is 14.7. The molecule has 56 heavy (non-hydrogen) atoms. The summed E-state index contributed by atoms with van der Waals surface area (Å²) in [5.41, 5.74) is 12.6. The van der Waals surface area contributed by atoms with Crippen molar-refractivity contribution in [3.05, 3.63) is 200 Å². The highest BCUT2D eigenvalue weighted by atomic mass is 15.0. The molecule has 3 heterocycles. The molecule has 0 bridgehead atoms. The Balaban J connectivity index is 0.978. The van der Waals surface area contributed by atoms with Crippen molar-refractivity contribution in [3.8, 4) is 33.8 Å². The van der Waals surface area contributed by atoms with E-state index >= 15 is 0 Å². The van der Waals surface area contributed by atoms with E-state index in [-0.39, 0.29) is 0 Å². The van der Waals surface area contributed by atoms with Crippen molar-refractivity contribution < 1.29 is 0 Å². The number of aromatic nitrogens is 3. The van der Waals surface area contributed by atoms with Crippen molar-refractivity contribution in [2.24, 2.45) is 0 Å². The lowest BCUT2D eigenvalue weighted by Gasteiger charge is -2.13. The minimum Gasteiger partial charge on any atom is -0.309 e. The fraction of sp³-hybridized carbons (Fsp3) is 0. The molecule has 12 rings (SSSR count). The zero-order valence-electron chi connectivity index (χ0n) is 30.4. The predicted molar refractivity (Wildman–Crippen MR) is 236 cm³/mol. The van der Waals surface area contributed by atoms with Crippen LogP contribution in [0.1, 0.15) is 0 Å². The summed E-state index contributed by atoms with van der Waals surface area (Å²) in [6, 6.07) is 72.6. The lowest BCUT2D eigenvalue weighted by Crippen LogP contribution is -1.98. The summed E-state index contributed by atoms with van der Waals surface area (Å²) in [5, 5.41) is 11.1. The summed E-state index contributed by atoms with van der Waals surface area (Å²) in [7, 11) is 0. The number of rotatable bonds is 4. The predicted octanol–water partition coefficient (Wildman–Crippen LogP) is 14.1. The Bertz CT molecular complexity index is 3460. The van der Waals surface area contributed by atoms with Gasteiger partial charge in [0.15, 0.2) is 0 Å². The number of benzene rings is 9. The number of para-hydroxylation sites is 4. The van der Waals surface area contributed by atoms with E-state index in [2.05, 4.69) is 209 Å². The molecule has 260 valence electrons. The molecular formula is C53H33N3. The SMILES string of the molecule is c1cc(-n2c3ccccc3c3ccccc32)cc(-n2c3ccccc3c3cc(-c4ccc(-c5nc6ccccc6c6c5ccc5ccccc56)cc4)ccc32)c1. The van der Waals surface area contributed by atoms with Crippen LogP contribution in [0, 0.1) is 0 Å². The highest BCUT2D eigenvalue weighted by Crippen LogP contribution is 2.40. The minimum atomic E-state index is 1.01. The van der Waals surface area contributed by atoms with Crippen LogP contribution in [0.3, 0.4) is 0 Å². The number of pyridine rings is 1. The highest BCUT2D eigenvalue weighted by molar-refractivity contribution is 6.22. The minimum absolute atomic E-state index is 1.01. The van der Waals surface area contributed by atoms with E-state index in [1.54, 1.807) is 0 Å². The maximum absolute atomic E-state index is 5.24. The largest absolute Gasteiger partial charge is 0.309 e. The van der Waals surface area contributed by atoms with Crippen molar-refractivity contribution in [2.45, 2.75) is 0 Å². The fourth-order valence-corrected chi connectivity index (χ4v) is 9.17. The van der Waals surface area contributed by atoms with Gasteiger partial charge in [0.05, 0.1) is 33.3 Å². The van der Waals surface area contributed by atoms with Gasteiger partial charge in [-0.2, -0.15) is 0 Å². The summed E-state index contributed by atoms with van der Waals surface area (Å²) in [4.78, 5) is 5.24. The van der Waals surface area contributed by atoms with E-state index < -0.39 is 0 Å². The molecule has 0 saturated carbocycles. The van der Waals surface area contributed by atoms with E-state index in [4.69, 9.17) is 4.98 Å². The van der Waals surface area contributed by atoms with Crippen LogP contribution in [-0.4, -0.2) is 14.1 Å². The molecule has 3 heteroatoms. The molecule has 0 saturated heterocycles. The third-order valence-electron chi connectivity index (χ3n) is 11.7. The second kappa shape index (κ2) is 12.0. The molecule has 0 radical (unpaired) electrons. The molecule has 12 aromatic rings. The van der Waals surface area contributed by atoms with Crippen LogP contribution >= 0.6 is 0 Å². The number of fused-ring (bicyclic) bond motifs is 11. The molecule has 0 fully saturated rings. The molecular weight excluding hydrogens is 679 g/mol. The van der Waals surface area contributed by atoms with Gasteiger partial charge in [-0.15, -0.1) is 0 Å². The smallest absolute Gasteiger partial charge is 0.0788 e. The van der Waals surface area contributed by atoms with E-state index in [9.17, 15) is 0 Å². The van der Waals surface area contributed by atoms with Gasteiger partial charge < -0.3 is 9.13 Å². The summed E-state index contributed by atoms with van der Waals surface area (Å²) >= 11 is 0. The molecule has 3 nitrogen and oxygen atoms in total. The second-order valence-corrected chi connectivity index (χ2v) is 14.7. The standard InChI is InChI=1S/C53H33N3/c1-2-15-40-35(12-1)28-30-45-52(40)44-19-3-7-20-47(44)54-53(45)36-26-24-34(25-27-36)37-29-31-51-46(32-37)43-18-6-10-23-50(43)56(51)39-14-11-13-38(33-39)55-48-21-8-4-16-41(48)42-17-5-9-22-49(42)55/h1-33H. The van der Waals surface area contributed by atoms with Crippen LogP contribution in [-0.2, 0) is 0 Å². The van der Waals surface area contributed by atoms with Gasteiger partial charge in [-0.05, 0) is 76.5 Å². The molecule has 3 aromatic heterocycles. The summed E-state index contributed by atoms with van der Waals surface area (Å²) < 4.78 is 4.80. The number of nitrogens with zero attached hydrogens (tertiary/aromatic N) is 3. The summed E-state index contributed by atoms with van der Waals surface area (Å²) in [5.74, 6) is 0. The highest BCUT2D eigenvalue weighted by Gasteiger charge is 2.17. The first-order valence-electron chi connectivity index (χ1n) is 19.2. The summed E-state index contributed by atoms with van der Waals surface area (Å²) in [6.07, 6.45) is 0. The van der Waals surface area contributed by atoms with Crippen molar-refractivity contribution in [1.29, 1.82) is 0 Å². The van der Waals surface area contributed by atoms with E-state index in [1.165, 1.54) is 81.7 Å². The van der Waals surface area contributed by atoms with Crippen molar-refractivity contribution >= 4 is 76.1 Å². The molecule has 0 aliphatic heterocycles. The molecule has 9 aromatic carbocycles. The van der Waals surface area contributed by atoms with Gasteiger partial charge >= 0.3 is 0 Å². The monoisotopic (exact) mass is 711 g/mol. The van der Waals surface area contributed by atoms with Crippen LogP contribution < -0.4 is 0 Å². The lowest BCUT2D eigenvalue weighted by atomic mass is 9.94. The first-order chi connectivity index (χ1) is 27.8. The van der Waals surface area contributed by atoms with E-state index in [1.807, 2.05) is 0 Å². The third kappa shape index (κ3) is 4.55. The molecule has 0 spiro atoms. The fourth-order valence-electron chi connectivity index (χ4n) is 9.17. The normalized spacial score (nSPS) is 11.9. The Morgan fingerprint density at radius 3 is 1.50 bits per heavy atom. The van der Waals surface area contributed by atoms with Crippen molar-refractivity contribution in [2.75, 3.05) is 0 Å².